The summed E-state index contributed by atoms with van der Waals surface area (Å²) >= 11 is 0. The first-order valence-electron chi connectivity index (χ1n) is 13.6. The van der Waals surface area contributed by atoms with Crippen molar-refractivity contribution in [1.29, 1.82) is 0 Å². The van der Waals surface area contributed by atoms with E-state index in [-0.39, 0.29) is 49.5 Å². The van der Waals surface area contributed by atoms with Crippen LogP contribution in [0.4, 0.5) is 14.5 Å². The molecule has 39 heavy (non-hydrogen) atoms. The molecule has 7 nitrogen and oxygen atoms in total. The highest BCUT2D eigenvalue weighted by Crippen LogP contribution is 2.23. The quantitative estimate of drug-likeness (QED) is 0.391. The van der Waals surface area contributed by atoms with Crippen LogP contribution >= 0.6 is 0 Å². The van der Waals surface area contributed by atoms with E-state index in [2.05, 4.69) is 5.32 Å². The van der Waals surface area contributed by atoms with Crippen LogP contribution in [0.25, 0.3) is 0 Å². The normalized spacial score (nSPS) is 15.0. The Morgan fingerprint density at radius 3 is 2.38 bits per heavy atom. The lowest BCUT2D eigenvalue weighted by atomic mass is 9.95. The third-order valence-electron chi connectivity index (χ3n) is 7.12. The molecule has 0 heterocycles. The van der Waals surface area contributed by atoms with Crippen LogP contribution in [0, 0.1) is 18.6 Å². The van der Waals surface area contributed by atoms with E-state index < -0.39 is 27.7 Å². The van der Waals surface area contributed by atoms with Gasteiger partial charge in [0.2, 0.25) is 21.8 Å². The lowest BCUT2D eigenvalue weighted by Gasteiger charge is -2.33. The fourth-order valence-electron chi connectivity index (χ4n) is 5.12. The number of carbonyl (C=O) groups excluding carboxylic acids is 2. The molecule has 1 fully saturated rings. The Morgan fingerprint density at radius 2 is 1.77 bits per heavy atom. The topological polar surface area (TPSA) is 86.8 Å². The van der Waals surface area contributed by atoms with Crippen LogP contribution in [0.3, 0.4) is 0 Å². The van der Waals surface area contributed by atoms with E-state index in [0.29, 0.717) is 6.42 Å². The smallest absolute Gasteiger partial charge is 0.243 e. The summed E-state index contributed by atoms with van der Waals surface area (Å²) in [6.07, 6.45) is 6.69. The highest BCUT2D eigenvalue weighted by atomic mass is 32.2. The number of anilines is 1. The summed E-state index contributed by atoms with van der Waals surface area (Å²) in [5, 5.41) is 3.14. The average molecular weight is 564 g/mol. The maximum atomic E-state index is 13.8. The molecule has 0 spiro atoms. The number of hydrogen-bond acceptors (Lipinski definition) is 4. The van der Waals surface area contributed by atoms with Crippen molar-refractivity contribution >= 4 is 27.5 Å². The van der Waals surface area contributed by atoms with Crippen molar-refractivity contribution in [3.63, 3.8) is 0 Å². The molecule has 10 heteroatoms. The molecule has 1 atom stereocenters. The van der Waals surface area contributed by atoms with E-state index in [4.69, 9.17) is 0 Å². The Kier molecular flexibility index (Phi) is 10.9. The van der Waals surface area contributed by atoms with Crippen molar-refractivity contribution in [1.82, 2.24) is 10.2 Å². The summed E-state index contributed by atoms with van der Waals surface area (Å²) in [6.45, 7) is 3.98. The van der Waals surface area contributed by atoms with Crippen LogP contribution in [0.1, 0.15) is 69.4 Å². The molecule has 2 amide bonds. The van der Waals surface area contributed by atoms with Gasteiger partial charge in [-0.05, 0) is 50.3 Å². The number of carbonyl (C=O) groups is 2. The van der Waals surface area contributed by atoms with Gasteiger partial charge in [0.25, 0.3) is 0 Å². The standard InChI is InChI=1S/C29H39F2N3O4S/c1-4-27(29(36)32-23-12-6-5-7-13-23)33(20-22-11-8-10-21(2)18-22)28(35)14-9-17-34(39(3,37)38)24-15-16-25(30)26(31)19-24/h8,10-11,15-16,18-19,23,27H,4-7,9,12-14,17,20H2,1-3H3,(H,32,36)/t27-/m1/s1. The molecule has 0 unspecified atom stereocenters. The van der Waals surface area contributed by atoms with E-state index in [1.807, 2.05) is 38.1 Å². The third kappa shape index (κ3) is 8.74. The second kappa shape index (κ2) is 13.9. The predicted molar refractivity (Wildman–Crippen MR) is 149 cm³/mol. The number of aryl methyl sites for hydroxylation is 1. The molecule has 0 aromatic heterocycles. The molecule has 2 aromatic carbocycles. The van der Waals surface area contributed by atoms with Crippen molar-refractivity contribution in [2.75, 3.05) is 17.1 Å². The van der Waals surface area contributed by atoms with Gasteiger partial charge >= 0.3 is 0 Å². The molecule has 1 N–H and O–H groups in total. The molecule has 1 saturated carbocycles. The van der Waals surface area contributed by atoms with Gasteiger partial charge in [0, 0.05) is 31.6 Å². The van der Waals surface area contributed by atoms with Crippen molar-refractivity contribution in [3.8, 4) is 0 Å². The summed E-state index contributed by atoms with van der Waals surface area (Å²) in [5.74, 6) is -2.69. The number of hydrogen-bond donors (Lipinski definition) is 1. The van der Waals surface area contributed by atoms with E-state index >= 15 is 0 Å². The highest BCUT2D eigenvalue weighted by molar-refractivity contribution is 7.92. The Morgan fingerprint density at radius 1 is 1.05 bits per heavy atom. The van der Waals surface area contributed by atoms with Crippen molar-refractivity contribution in [3.05, 3.63) is 65.2 Å². The molecule has 0 bridgehead atoms. The maximum absolute atomic E-state index is 13.8. The van der Waals surface area contributed by atoms with E-state index in [0.717, 1.165) is 65.9 Å². The largest absolute Gasteiger partial charge is 0.352 e. The average Bonchev–Trinajstić information content (AvgIpc) is 2.88. The number of benzene rings is 2. The van der Waals surface area contributed by atoms with Gasteiger partial charge in [-0.15, -0.1) is 0 Å². The minimum absolute atomic E-state index is 0.0150. The molecule has 2 aromatic rings. The van der Waals surface area contributed by atoms with Crippen LogP contribution in [-0.2, 0) is 26.2 Å². The first kappa shape index (κ1) is 30.5. The summed E-state index contributed by atoms with van der Waals surface area (Å²) in [7, 11) is -3.81. The predicted octanol–water partition coefficient (Wildman–Crippen LogP) is 5.08. The fraction of sp³-hybridized carbons (Fsp3) is 0.517. The number of halogens is 2. The number of amides is 2. The number of sulfonamides is 1. The molecule has 0 aliphatic heterocycles. The lowest BCUT2D eigenvalue weighted by molar-refractivity contribution is -0.141. The SMILES string of the molecule is CC[C@H](C(=O)NC1CCCCC1)N(Cc1cccc(C)c1)C(=O)CCCN(c1ccc(F)c(F)c1)S(C)(=O)=O. The zero-order valence-corrected chi connectivity index (χ0v) is 23.8. The Balaban J connectivity index is 1.76. The van der Waals surface area contributed by atoms with Crippen molar-refractivity contribution in [2.45, 2.75) is 83.8 Å². The molecule has 3 rings (SSSR count). The zero-order chi connectivity index (χ0) is 28.6. The van der Waals surface area contributed by atoms with Gasteiger partial charge in [-0.1, -0.05) is 56.0 Å². The van der Waals surface area contributed by atoms with Crippen LogP contribution in [0.5, 0.6) is 0 Å². The van der Waals surface area contributed by atoms with Crippen LogP contribution in [0.2, 0.25) is 0 Å². The first-order valence-corrected chi connectivity index (χ1v) is 15.4. The summed E-state index contributed by atoms with van der Waals surface area (Å²) in [4.78, 5) is 28.5. The van der Waals surface area contributed by atoms with Gasteiger partial charge < -0.3 is 10.2 Å². The fourth-order valence-corrected chi connectivity index (χ4v) is 6.07. The molecular formula is C29H39F2N3O4S. The van der Waals surface area contributed by atoms with Crippen molar-refractivity contribution in [2.24, 2.45) is 0 Å². The van der Waals surface area contributed by atoms with Gasteiger partial charge in [-0.2, -0.15) is 0 Å². The number of rotatable bonds is 12. The molecule has 1 aliphatic carbocycles. The summed E-state index contributed by atoms with van der Waals surface area (Å²) in [6, 6.07) is 10.1. The number of nitrogens with zero attached hydrogens (tertiary/aromatic N) is 2. The third-order valence-corrected chi connectivity index (χ3v) is 8.31. The summed E-state index contributed by atoms with van der Waals surface area (Å²) < 4.78 is 53.0. The van der Waals surface area contributed by atoms with E-state index in [1.54, 1.807) is 4.90 Å². The van der Waals surface area contributed by atoms with Crippen LogP contribution < -0.4 is 9.62 Å². The Bertz CT molecular complexity index is 1250. The molecule has 1 aliphatic rings. The van der Waals surface area contributed by atoms with Gasteiger partial charge in [0.05, 0.1) is 11.9 Å². The monoisotopic (exact) mass is 563 g/mol. The second-order valence-electron chi connectivity index (χ2n) is 10.3. The second-order valence-corrected chi connectivity index (χ2v) is 12.2. The Labute approximate surface area is 230 Å². The first-order chi connectivity index (χ1) is 18.5. The minimum Gasteiger partial charge on any atom is -0.352 e. The van der Waals surface area contributed by atoms with E-state index in [9.17, 15) is 26.8 Å². The zero-order valence-electron chi connectivity index (χ0n) is 23.0. The molecular weight excluding hydrogens is 524 g/mol. The maximum Gasteiger partial charge on any atom is 0.243 e. The molecule has 0 radical (unpaired) electrons. The lowest BCUT2D eigenvalue weighted by Crippen LogP contribution is -2.51. The summed E-state index contributed by atoms with van der Waals surface area (Å²) in [5.41, 5.74) is 1.92. The van der Waals surface area contributed by atoms with Crippen molar-refractivity contribution < 1.29 is 26.8 Å². The van der Waals surface area contributed by atoms with Gasteiger partial charge in [0.1, 0.15) is 6.04 Å². The minimum atomic E-state index is -3.81. The molecule has 0 saturated heterocycles. The van der Waals surface area contributed by atoms with Gasteiger partial charge in [-0.3, -0.25) is 13.9 Å². The van der Waals surface area contributed by atoms with Crippen LogP contribution in [0.15, 0.2) is 42.5 Å². The highest BCUT2D eigenvalue weighted by Gasteiger charge is 2.30. The Hall–Kier alpha value is -3.01. The molecule has 214 valence electrons. The van der Waals surface area contributed by atoms with Gasteiger partial charge in [0.15, 0.2) is 11.6 Å². The van der Waals surface area contributed by atoms with E-state index in [1.165, 1.54) is 6.07 Å². The van der Waals surface area contributed by atoms with Crippen LogP contribution in [-0.4, -0.2) is 50.0 Å². The number of nitrogens with one attached hydrogen (secondary N) is 1. The van der Waals surface area contributed by atoms with Gasteiger partial charge in [-0.25, -0.2) is 17.2 Å².